The lowest BCUT2D eigenvalue weighted by atomic mass is 10.0. The fourth-order valence-electron chi connectivity index (χ4n) is 3.93. The number of nitrogens with two attached hydrogens (primary N) is 1. The molecular weight excluding hydrogens is 314 g/mol. The minimum Gasteiger partial charge on any atom is -0.328 e. The third-order valence-corrected chi connectivity index (χ3v) is 5.86. The van der Waals surface area contributed by atoms with E-state index in [2.05, 4.69) is 13.8 Å². The van der Waals surface area contributed by atoms with E-state index in [-0.39, 0.29) is 0 Å². The molecule has 0 amide bonds. The Balaban J connectivity index is 3.06. The van der Waals surface area contributed by atoms with Crippen molar-refractivity contribution >= 4 is 0 Å². The van der Waals surface area contributed by atoms with Gasteiger partial charge < -0.3 is 5.73 Å². The molecule has 0 spiro atoms. The molecule has 158 valence electrons. The average Bonchev–Trinajstić information content (AvgIpc) is 2.65. The molecule has 0 aromatic carbocycles. The van der Waals surface area contributed by atoms with Gasteiger partial charge in [0.05, 0.1) is 0 Å². The van der Waals surface area contributed by atoms with Gasteiger partial charge in [0, 0.05) is 6.04 Å². The van der Waals surface area contributed by atoms with Crippen molar-refractivity contribution in [2.45, 2.75) is 161 Å². The molecule has 0 fully saturated rings. The topological polar surface area (TPSA) is 26.0 Å². The SMILES string of the molecule is CCCCCCCCCCCCCCCCCCC(N)CCCCCC. The van der Waals surface area contributed by atoms with Gasteiger partial charge in [-0.05, 0) is 12.8 Å². The Hall–Kier alpha value is -0.0400. The van der Waals surface area contributed by atoms with Crippen LogP contribution in [0.15, 0.2) is 0 Å². The molecule has 2 N–H and O–H groups in total. The predicted octanol–water partition coefficient (Wildman–Crippen LogP) is 8.94. The molecule has 1 heteroatoms. The van der Waals surface area contributed by atoms with Crippen molar-refractivity contribution in [1.29, 1.82) is 0 Å². The minimum absolute atomic E-state index is 0.471. The lowest BCUT2D eigenvalue weighted by molar-refractivity contribution is 0.483. The van der Waals surface area contributed by atoms with E-state index in [4.69, 9.17) is 5.73 Å². The average molecular weight is 368 g/mol. The third-order valence-electron chi connectivity index (χ3n) is 5.86. The van der Waals surface area contributed by atoms with Gasteiger partial charge in [0.25, 0.3) is 0 Å². The van der Waals surface area contributed by atoms with Crippen molar-refractivity contribution in [2.24, 2.45) is 5.73 Å². The first-order valence-electron chi connectivity index (χ1n) is 12.6. The number of unbranched alkanes of at least 4 members (excludes halogenated alkanes) is 18. The summed E-state index contributed by atoms with van der Waals surface area (Å²) in [5, 5.41) is 0. The maximum absolute atomic E-state index is 6.22. The first-order chi connectivity index (χ1) is 12.8. The molecule has 0 bridgehead atoms. The van der Waals surface area contributed by atoms with Crippen LogP contribution in [0.2, 0.25) is 0 Å². The first-order valence-corrected chi connectivity index (χ1v) is 12.6. The van der Waals surface area contributed by atoms with Crippen molar-refractivity contribution < 1.29 is 0 Å². The molecule has 0 aliphatic rings. The summed E-state index contributed by atoms with van der Waals surface area (Å²) in [6.07, 6.45) is 31.1. The van der Waals surface area contributed by atoms with Crippen LogP contribution in [-0.4, -0.2) is 6.04 Å². The van der Waals surface area contributed by atoms with Crippen LogP contribution < -0.4 is 5.73 Å². The normalized spacial score (nSPS) is 12.6. The van der Waals surface area contributed by atoms with Gasteiger partial charge in [0.15, 0.2) is 0 Å². The quantitative estimate of drug-likeness (QED) is 0.190. The largest absolute Gasteiger partial charge is 0.328 e. The first kappa shape index (κ1) is 26.0. The monoisotopic (exact) mass is 367 g/mol. The molecule has 1 unspecified atom stereocenters. The molecule has 0 saturated carbocycles. The van der Waals surface area contributed by atoms with E-state index < -0.39 is 0 Å². The van der Waals surface area contributed by atoms with E-state index in [9.17, 15) is 0 Å². The van der Waals surface area contributed by atoms with Gasteiger partial charge >= 0.3 is 0 Å². The molecule has 0 aliphatic heterocycles. The second kappa shape index (κ2) is 23.0. The van der Waals surface area contributed by atoms with Crippen molar-refractivity contribution in [3.05, 3.63) is 0 Å². The van der Waals surface area contributed by atoms with E-state index in [1.165, 1.54) is 141 Å². The summed E-state index contributed by atoms with van der Waals surface area (Å²) in [7, 11) is 0. The third kappa shape index (κ3) is 22.0. The lowest BCUT2D eigenvalue weighted by Gasteiger charge is -2.11. The summed E-state index contributed by atoms with van der Waals surface area (Å²) in [6.45, 7) is 4.57. The molecule has 0 heterocycles. The van der Waals surface area contributed by atoms with E-state index in [0.717, 1.165) is 0 Å². The summed E-state index contributed by atoms with van der Waals surface area (Å²) >= 11 is 0. The summed E-state index contributed by atoms with van der Waals surface area (Å²) in [6, 6.07) is 0.471. The number of hydrogen-bond donors (Lipinski definition) is 1. The highest BCUT2D eigenvalue weighted by atomic mass is 14.6. The van der Waals surface area contributed by atoms with E-state index in [1.807, 2.05) is 0 Å². The Kier molecular flexibility index (Phi) is 23.0. The molecule has 1 atom stereocenters. The summed E-state index contributed by atoms with van der Waals surface area (Å²) < 4.78 is 0. The Bertz CT molecular complexity index is 238. The van der Waals surface area contributed by atoms with Gasteiger partial charge in [0.1, 0.15) is 0 Å². The van der Waals surface area contributed by atoms with Crippen LogP contribution in [0.1, 0.15) is 155 Å². The Morgan fingerprint density at radius 3 is 0.923 bits per heavy atom. The summed E-state index contributed by atoms with van der Waals surface area (Å²) in [5.74, 6) is 0. The molecule has 0 aromatic heterocycles. The highest BCUT2D eigenvalue weighted by Gasteiger charge is 2.02. The van der Waals surface area contributed by atoms with E-state index >= 15 is 0 Å². The maximum Gasteiger partial charge on any atom is 0.00388 e. The van der Waals surface area contributed by atoms with Gasteiger partial charge in [-0.15, -0.1) is 0 Å². The van der Waals surface area contributed by atoms with Gasteiger partial charge in [0.2, 0.25) is 0 Å². The molecule has 0 aromatic rings. The van der Waals surface area contributed by atoms with Crippen LogP contribution in [0, 0.1) is 0 Å². The summed E-state index contributed by atoms with van der Waals surface area (Å²) in [4.78, 5) is 0. The van der Waals surface area contributed by atoms with Crippen LogP contribution in [0.4, 0.5) is 0 Å². The summed E-state index contributed by atoms with van der Waals surface area (Å²) in [5.41, 5.74) is 6.22. The second-order valence-electron chi connectivity index (χ2n) is 8.70. The Labute approximate surface area is 167 Å². The molecule has 0 aliphatic carbocycles. The Morgan fingerprint density at radius 1 is 0.385 bits per heavy atom. The molecular formula is C25H53N. The molecule has 26 heavy (non-hydrogen) atoms. The van der Waals surface area contributed by atoms with Gasteiger partial charge in [-0.1, -0.05) is 142 Å². The van der Waals surface area contributed by atoms with Crippen molar-refractivity contribution in [3.8, 4) is 0 Å². The second-order valence-corrected chi connectivity index (χ2v) is 8.70. The minimum atomic E-state index is 0.471. The standard InChI is InChI=1S/C25H53N/c1-3-5-7-9-10-11-12-13-14-15-16-17-18-19-20-22-24-25(26)23-21-8-6-4-2/h25H,3-24,26H2,1-2H3. The van der Waals surface area contributed by atoms with E-state index in [0.29, 0.717) is 6.04 Å². The zero-order valence-corrected chi connectivity index (χ0v) is 18.7. The molecule has 1 nitrogen and oxygen atoms in total. The maximum atomic E-state index is 6.22. The number of hydrogen-bond acceptors (Lipinski definition) is 1. The predicted molar refractivity (Wildman–Crippen MR) is 121 cm³/mol. The van der Waals surface area contributed by atoms with Crippen LogP contribution in [0.25, 0.3) is 0 Å². The molecule has 0 radical (unpaired) electrons. The van der Waals surface area contributed by atoms with Gasteiger partial charge in [-0.2, -0.15) is 0 Å². The molecule has 0 saturated heterocycles. The highest BCUT2D eigenvalue weighted by molar-refractivity contribution is 4.61. The van der Waals surface area contributed by atoms with Crippen molar-refractivity contribution in [3.63, 3.8) is 0 Å². The van der Waals surface area contributed by atoms with Crippen LogP contribution in [0.5, 0.6) is 0 Å². The molecule has 0 rings (SSSR count). The van der Waals surface area contributed by atoms with Crippen LogP contribution in [0.3, 0.4) is 0 Å². The zero-order chi connectivity index (χ0) is 19.1. The lowest BCUT2D eigenvalue weighted by Crippen LogP contribution is -2.19. The van der Waals surface area contributed by atoms with Gasteiger partial charge in [-0.25, -0.2) is 0 Å². The van der Waals surface area contributed by atoms with E-state index in [1.54, 1.807) is 0 Å². The fraction of sp³-hybridized carbons (Fsp3) is 1.00. The van der Waals surface area contributed by atoms with Crippen LogP contribution >= 0.6 is 0 Å². The zero-order valence-electron chi connectivity index (χ0n) is 18.7. The van der Waals surface area contributed by atoms with Crippen molar-refractivity contribution in [2.75, 3.05) is 0 Å². The van der Waals surface area contributed by atoms with Crippen molar-refractivity contribution in [1.82, 2.24) is 0 Å². The highest BCUT2D eigenvalue weighted by Crippen LogP contribution is 2.15. The Morgan fingerprint density at radius 2 is 0.615 bits per heavy atom. The smallest absolute Gasteiger partial charge is 0.00388 e. The number of rotatable bonds is 22. The van der Waals surface area contributed by atoms with Gasteiger partial charge in [-0.3, -0.25) is 0 Å². The van der Waals surface area contributed by atoms with Crippen LogP contribution in [-0.2, 0) is 0 Å². The fourth-order valence-corrected chi connectivity index (χ4v) is 3.93.